The number of benzene rings is 2. The molecule has 0 saturated carbocycles. The second kappa shape index (κ2) is 8.92. The number of hydrogen-bond acceptors (Lipinski definition) is 4. The summed E-state index contributed by atoms with van der Waals surface area (Å²) < 4.78 is 15.0. The molecule has 1 amide bonds. The number of amides is 1. The molecule has 2 aromatic carbocycles. The predicted molar refractivity (Wildman–Crippen MR) is 123 cm³/mol. The van der Waals surface area contributed by atoms with E-state index in [2.05, 4.69) is 10.6 Å². The number of aliphatic hydroxyl groups excluding tert-OH is 1. The van der Waals surface area contributed by atoms with Crippen molar-refractivity contribution in [2.24, 2.45) is 11.8 Å². The Morgan fingerprint density at radius 2 is 1.85 bits per heavy atom. The van der Waals surface area contributed by atoms with Crippen LogP contribution in [0.25, 0.3) is 11.1 Å². The summed E-state index contributed by atoms with van der Waals surface area (Å²) in [5.74, 6) is -0.829. The molecule has 1 aromatic heterocycles. The summed E-state index contributed by atoms with van der Waals surface area (Å²) >= 11 is 0. The maximum absolute atomic E-state index is 13.3. The van der Waals surface area contributed by atoms with Crippen LogP contribution in [0.1, 0.15) is 17.3 Å². The van der Waals surface area contributed by atoms with Crippen molar-refractivity contribution in [1.29, 1.82) is 0 Å². The van der Waals surface area contributed by atoms with Crippen molar-refractivity contribution < 1.29 is 14.3 Å². The van der Waals surface area contributed by atoms with Crippen LogP contribution in [0.4, 0.5) is 4.39 Å². The Morgan fingerprint density at radius 3 is 2.58 bits per heavy atom. The summed E-state index contributed by atoms with van der Waals surface area (Å²) in [5.41, 5.74) is 2.99. The monoisotopic (exact) mass is 447 g/mol. The molecule has 3 heterocycles. The lowest BCUT2D eigenvalue weighted by Gasteiger charge is -2.21. The molecule has 0 radical (unpaired) electrons. The molecule has 3 aromatic rings. The largest absolute Gasteiger partial charge is 0.396 e. The zero-order valence-electron chi connectivity index (χ0n) is 18.1. The van der Waals surface area contributed by atoms with Gasteiger partial charge in [0.1, 0.15) is 5.82 Å². The molecule has 0 aliphatic carbocycles. The van der Waals surface area contributed by atoms with Gasteiger partial charge >= 0.3 is 0 Å². The Balaban J connectivity index is 1.32. The molecule has 7 heteroatoms. The maximum atomic E-state index is 13.3. The number of pyridine rings is 1. The van der Waals surface area contributed by atoms with Gasteiger partial charge in [0.15, 0.2) is 0 Å². The standard InChI is InChI=1S/C26H26FN3O3/c27-18-8-6-17(7-9-18)19-10-11-22-23-20(14-30(22)26(19)33)21(15-31)24(29-23)25(32)28-13-12-16-4-2-1-3-5-16/h1-11,20-21,23-24,29,31H,12-15H2,(H,28,32)/t20-,21-,23+,24-/m0/s1. The first kappa shape index (κ1) is 21.6. The van der Waals surface area contributed by atoms with Crippen LogP contribution in [0, 0.1) is 17.7 Å². The van der Waals surface area contributed by atoms with Crippen molar-refractivity contribution in [3.8, 4) is 11.1 Å². The second-order valence-electron chi connectivity index (χ2n) is 8.75. The van der Waals surface area contributed by atoms with Crippen molar-refractivity contribution >= 4 is 5.91 Å². The summed E-state index contributed by atoms with van der Waals surface area (Å²) in [5, 5.41) is 16.5. The van der Waals surface area contributed by atoms with E-state index in [1.807, 2.05) is 36.4 Å². The number of fused-ring (bicyclic) bond motifs is 3. The Kier molecular flexibility index (Phi) is 5.83. The van der Waals surface area contributed by atoms with Crippen molar-refractivity contribution in [2.45, 2.75) is 25.0 Å². The number of rotatable bonds is 6. The lowest BCUT2D eigenvalue weighted by Crippen LogP contribution is -2.46. The highest BCUT2D eigenvalue weighted by atomic mass is 19.1. The fourth-order valence-corrected chi connectivity index (χ4v) is 5.19. The third-order valence-electron chi connectivity index (χ3n) is 6.89. The minimum absolute atomic E-state index is 0.0592. The molecule has 2 aliphatic rings. The molecule has 6 nitrogen and oxygen atoms in total. The van der Waals surface area contributed by atoms with Crippen molar-refractivity contribution in [2.75, 3.05) is 13.2 Å². The SMILES string of the molecule is O=C(NCCc1ccccc1)[C@H]1N[C@H]2c3ccc(-c4ccc(F)cc4)c(=O)n3C[C@H]2[C@@H]1CO. The number of nitrogens with one attached hydrogen (secondary N) is 2. The Labute approximate surface area is 191 Å². The van der Waals surface area contributed by atoms with Gasteiger partial charge in [0, 0.05) is 42.8 Å². The highest BCUT2D eigenvalue weighted by Crippen LogP contribution is 2.42. The quantitative estimate of drug-likeness (QED) is 0.541. The van der Waals surface area contributed by atoms with Crippen molar-refractivity contribution in [3.63, 3.8) is 0 Å². The minimum atomic E-state index is -0.513. The molecule has 1 fully saturated rings. The fraction of sp³-hybridized carbons (Fsp3) is 0.308. The first-order chi connectivity index (χ1) is 16.1. The zero-order chi connectivity index (χ0) is 22.9. The second-order valence-corrected chi connectivity index (χ2v) is 8.75. The highest BCUT2D eigenvalue weighted by Gasteiger charge is 2.50. The molecule has 0 unspecified atom stereocenters. The van der Waals surface area contributed by atoms with Gasteiger partial charge in [-0.1, -0.05) is 42.5 Å². The van der Waals surface area contributed by atoms with E-state index >= 15 is 0 Å². The molecule has 4 atom stereocenters. The molecule has 170 valence electrons. The first-order valence-electron chi connectivity index (χ1n) is 11.2. The molecule has 1 saturated heterocycles. The van der Waals surface area contributed by atoms with Gasteiger partial charge in [0.05, 0.1) is 12.1 Å². The summed E-state index contributed by atoms with van der Waals surface area (Å²) in [6.07, 6.45) is 0.736. The fourth-order valence-electron chi connectivity index (χ4n) is 5.19. The smallest absolute Gasteiger partial charge is 0.258 e. The molecular formula is C26H26FN3O3. The van der Waals surface area contributed by atoms with E-state index < -0.39 is 6.04 Å². The molecule has 3 N–H and O–H groups in total. The van der Waals surface area contributed by atoms with Gasteiger partial charge in [-0.15, -0.1) is 0 Å². The van der Waals surface area contributed by atoms with Crippen LogP contribution >= 0.6 is 0 Å². The van der Waals surface area contributed by atoms with E-state index in [1.54, 1.807) is 22.8 Å². The van der Waals surface area contributed by atoms with Gasteiger partial charge < -0.3 is 15.0 Å². The average Bonchev–Trinajstić information content (AvgIpc) is 3.37. The summed E-state index contributed by atoms with van der Waals surface area (Å²) in [6, 6.07) is 18.8. The van der Waals surface area contributed by atoms with E-state index in [0.29, 0.717) is 24.2 Å². The number of halogens is 1. The van der Waals surface area contributed by atoms with Crippen LogP contribution < -0.4 is 16.2 Å². The summed E-state index contributed by atoms with van der Waals surface area (Å²) in [4.78, 5) is 26.1. The number of hydrogen-bond donors (Lipinski definition) is 3. The number of aromatic nitrogens is 1. The van der Waals surface area contributed by atoms with Gasteiger partial charge in [-0.25, -0.2) is 4.39 Å². The van der Waals surface area contributed by atoms with Gasteiger partial charge in [-0.05, 0) is 41.8 Å². The number of aliphatic hydroxyl groups is 1. The van der Waals surface area contributed by atoms with Crippen LogP contribution in [-0.4, -0.2) is 34.8 Å². The Hall–Kier alpha value is -3.29. The van der Waals surface area contributed by atoms with Crippen molar-refractivity contribution in [1.82, 2.24) is 15.2 Å². The summed E-state index contributed by atoms with van der Waals surface area (Å²) in [7, 11) is 0. The van der Waals surface area contributed by atoms with Crippen molar-refractivity contribution in [3.05, 3.63) is 94.2 Å². The lowest BCUT2D eigenvalue weighted by atomic mass is 9.88. The van der Waals surface area contributed by atoms with Crippen LogP contribution in [0.3, 0.4) is 0 Å². The Bertz CT molecular complexity index is 1210. The number of carbonyl (C=O) groups excluding carboxylic acids is 1. The molecular weight excluding hydrogens is 421 g/mol. The lowest BCUT2D eigenvalue weighted by molar-refractivity contribution is -0.124. The molecule has 5 rings (SSSR count). The molecule has 2 aliphatic heterocycles. The van der Waals surface area contributed by atoms with Gasteiger partial charge in [-0.3, -0.25) is 14.9 Å². The molecule has 0 spiro atoms. The topological polar surface area (TPSA) is 83.4 Å². The van der Waals surface area contributed by atoms with E-state index in [4.69, 9.17) is 0 Å². The van der Waals surface area contributed by atoms with E-state index in [1.165, 1.54) is 12.1 Å². The van der Waals surface area contributed by atoms with Crippen LogP contribution in [0.2, 0.25) is 0 Å². The Morgan fingerprint density at radius 1 is 1.09 bits per heavy atom. The normalized spacial score (nSPS) is 23.2. The van der Waals surface area contributed by atoms with Gasteiger partial charge in [0.25, 0.3) is 5.56 Å². The van der Waals surface area contributed by atoms with Crippen LogP contribution in [0.15, 0.2) is 71.5 Å². The van der Waals surface area contributed by atoms with E-state index in [-0.39, 0.29) is 41.8 Å². The third-order valence-corrected chi connectivity index (χ3v) is 6.89. The predicted octanol–water partition coefficient (Wildman–Crippen LogP) is 2.26. The molecule has 33 heavy (non-hydrogen) atoms. The average molecular weight is 448 g/mol. The van der Waals surface area contributed by atoms with Gasteiger partial charge in [-0.2, -0.15) is 0 Å². The minimum Gasteiger partial charge on any atom is -0.396 e. The number of carbonyl (C=O) groups is 1. The van der Waals surface area contributed by atoms with E-state index in [9.17, 15) is 19.1 Å². The third kappa shape index (κ3) is 3.98. The highest BCUT2D eigenvalue weighted by molar-refractivity contribution is 5.82. The van der Waals surface area contributed by atoms with E-state index in [0.717, 1.165) is 17.7 Å². The zero-order valence-corrected chi connectivity index (χ0v) is 18.1. The first-order valence-corrected chi connectivity index (χ1v) is 11.2. The van der Waals surface area contributed by atoms with Crippen LogP contribution in [0.5, 0.6) is 0 Å². The van der Waals surface area contributed by atoms with Gasteiger partial charge in [0.2, 0.25) is 5.91 Å². The summed E-state index contributed by atoms with van der Waals surface area (Å²) in [6.45, 7) is 0.809. The number of nitrogens with zero attached hydrogens (tertiary/aromatic N) is 1. The molecule has 0 bridgehead atoms. The maximum Gasteiger partial charge on any atom is 0.258 e. The van der Waals surface area contributed by atoms with Crippen LogP contribution in [-0.2, 0) is 17.8 Å².